The minimum Gasteiger partial charge on any atom is -0.312 e. The summed E-state index contributed by atoms with van der Waals surface area (Å²) in [4.78, 5) is 5.79. The Kier molecular flexibility index (Phi) is 4.39. The van der Waals surface area contributed by atoms with Crippen molar-refractivity contribution in [1.29, 1.82) is 0 Å². The number of hydrogen-bond donors (Lipinski definition) is 1. The molecule has 0 bridgehead atoms. The summed E-state index contributed by atoms with van der Waals surface area (Å²) in [5.74, 6) is 0.697. The summed E-state index contributed by atoms with van der Waals surface area (Å²) >= 11 is 1.76. The van der Waals surface area contributed by atoms with Crippen LogP contribution in [-0.4, -0.2) is 11.5 Å². The molecule has 1 N–H and O–H groups in total. The lowest BCUT2D eigenvalue weighted by molar-refractivity contribution is 0.627. The molecule has 0 aliphatic heterocycles. The van der Waals surface area contributed by atoms with Gasteiger partial charge in [0, 0.05) is 11.4 Å². The maximum atomic E-state index is 4.39. The van der Waals surface area contributed by atoms with Crippen molar-refractivity contribution in [2.45, 2.75) is 33.7 Å². The first-order chi connectivity index (χ1) is 6.24. The molecule has 0 saturated carbocycles. The fourth-order valence-corrected chi connectivity index (χ4v) is 1.99. The van der Waals surface area contributed by atoms with Crippen LogP contribution in [0.4, 0.5) is 0 Å². The Hall–Kier alpha value is -0.410. The molecule has 0 unspecified atom stereocenters. The van der Waals surface area contributed by atoms with Gasteiger partial charge in [0.25, 0.3) is 0 Å². The van der Waals surface area contributed by atoms with E-state index in [9.17, 15) is 0 Å². The Bertz CT molecular complexity index is 243. The zero-order valence-electron chi connectivity index (χ0n) is 8.63. The van der Waals surface area contributed by atoms with Crippen LogP contribution in [-0.2, 0) is 13.0 Å². The highest BCUT2D eigenvalue weighted by atomic mass is 32.1. The standard InChI is InChI=1S/C10H18N2S/c1-4-11-6-10-9(5-8(2)3)12-7-13-10/h7-8,11H,4-6H2,1-3H3. The molecule has 1 aromatic rings. The second-order valence-electron chi connectivity index (χ2n) is 3.60. The van der Waals surface area contributed by atoms with E-state index in [4.69, 9.17) is 0 Å². The molecule has 13 heavy (non-hydrogen) atoms. The Labute approximate surface area is 84.4 Å². The third-order valence-corrected chi connectivity index (χ3v) is 2.74. The first-order valence-electron chi connectivity index (χ1n) is 4.86. The highest BCUT2D eigenvalue weighted by molar-refractivity contribution is 7.09. The third-order valence-electron chi connectivity index (χ3n) is 1.86. The van der Waals surface area contributed by atoms with Crippen LogP contribution < -0.4 is 5.32 Å². The van der Waals surface area contributed by atoms with Gasteiger partial charge in [0.05, 0.1) is 11.2 Å². The van der Waals surface area contributed by atoms with Crippen LogP contribution >= 0.6 is 11.3 Å². The fraction of sp³-hybridized carbons (Fsp3) is 0.700. The van der Waals surface area contributed by atoms with Gasteiger partial charge < -0.3 is 5.32 Å². The van der Waals surface area contributed by atoms with Gasteiger partial charge in [-0.05, 0) is 18.9 Å². The topological polar surface area (TPSA) is 24.9 Å². The first kappa shape index (κ1) is 10.7. The molecular formula is C10H18N2S. The van der Waals surface area contributed by atoms with E-state index >= 15 is 0 Å². The van der Waals surface area contributed by atoms with Crippen LogP contribution in [0.25, 0.3) is 0 Å². The Morgan fingerprint density at radius 1 is 1.54 bits per heavy atom. The second kappa shape index (κ2) is 5.35. The Balaban J connectivity index is 2.55. The van der Waals surface area contributed by atoms with Crippen LogP contribution in [0.2, 0.25) is 0 Å². The molecule has 74 valence electrons. The molecule has 0 amide bonds. The van der Waals surface area contributed by atoms with Crippen molar-refractivity contribution in [3.05, 3.63) is 16.1 Å². The van der Waals surface area contributed by atoms with Crippen molar-refractivity contribution in [3.8, 4) is 0 Å². The molecule has 0 fully saturated rings. The van der Waals surface area contributed by atoms with Gasteiger partial charge in [-0.25, -0.2) is 4.98 Å². The molecule has 1 rings (SSSR count). The summed E-state index contributed by atoms with van der Waals surface area (Å²) in [5, 5.41) is 3.33. The molecule has 3 heteroatoms. The second-order valence-corrected chi connectivity index (χ2v) is 4.54. The van der Waals surface area contributed by atoms with Crippen molar-refractivity contribution in [1.82, 2.24) is 10.3 Å². The van der Waals surface area contributed by atoms with E-state index in [1.54, 1.807) is 11.3 Å². The molecule has 1 heterocycles. The summed E-state index contributed by atoms with van der Waals surface area (Å²) in [6, 6.07) is 0. The van der Waals surface area contributed by atoms with Crippen LogP contribution in [0.15, 0.2) is 5.51 Å². The number of nitrogens with one attached hydrogen (secondary N) is 1. The molecule has 2 nitrogen and oxygen atoms in total. The molecule has 0 atom stereocenters. The first-order valence-corrected chi connectivity index (χ1v) is 5.74. The van der Waals surface area contributed by atoms with Gasteiger partial charge in [-0.15, -0.1) is 11.3 Å². The average molecular weight is 198 g/mol. The summed E-state index contributed by atoms with van der Waals surface area (Å²) in [6.45, 7) is 8.60. The van der Waals surface area contributed by atoms with E-state index in [0.717, 1.165) is 19.5 Å². The lowest BCUT2D eigenvalue weighted by atomic mass is 10.1. The van der Waals surface area contributed by atoms with Crippen molar-refractivity contribution in [3.63, 3.8) is 0 Å². The van der Waals surface area contributed by atoms with Gasteiger partial charge in [-0.2, -0.15) is 0 Å². The van der Waals surface area contributed by atoms with E-state index in [0.29, 0.717) is 5.92 Å². The largest absolute Gasteiger partial charge is 0.312 e. The average Bonchev–Trinajstić information content (AvgIpc) is 2.48. The lowest BCUT2D eigenvalue weighted by Crippen LogP contribution is -2.12. The van der Waals surface area contributed by atoms with Gasteiger partial charge in [0.1, 0.15) is 0 Å². The predicted molar refractivity (Wildman–Crippen MR) is 58.0 cm³/mol. The van der Waals surface area contributed by atoms with Crippen LogP contribution in [0.3, 0.4) is 0 Å². The fourth-order valence-electron chi connectivity index (χ4n) is 1.23. The van der Waals surface area contributed by atoms with Crippen molar-refractivity contribution >= 4 is 11.3 Å². The molecule has 0 saturated heterocycles. The van der Waals surface area contributed by atoms with Crippen molar-refractivity contribution in [2.24, 2.45) is 5.92 Å². The quantitative estimate of drug-likeness (QED) is 0.786. The SMILES string of the molecule is CCNCc1scnc1CC(C)C. The van der Waals surface area contributed by atoms with E-state index in [1.165, 1.54) is 10.6 Å². The van der Waals surface area contributed by atoms with Crippen LogP contribution in [0.5, 0.6) is 0 Å². The molecule has 0 radical (unpaired) electrons. The zero-order valence-corrected chi connectivity index (χ0v) is 9.45. The number of rotatable bonds is 5. The Morgan fingerprint density at radius 3 is 2.92 bits per heavy atom. The maximum Gasteiger partial charge on any atom is 0.0798 e. The highest BCUT2D eigenvalue weighted by Gasteiger charge is 2.06. The molecule has 0 aliphatic carbocycles. The summed E-state index contributed by atoms with van der Waals surface area (Å²) in [7, 11) is 0. The number of thiazole rings is 1. The third kappa shape index (κ3) is 3.44. The van der Waals surface area contributed by atoms with Gasteiger partial charge in [0.15, 0.2) is 0 Å². The summed E-state index contributed by atoms with van der Waals surface area (Å²) in [5.41, 5.74) is 3.23. The maximum absolute atomic E-state index is 4.39. The minimum absolute atomic E-state index is 0.697. The monoisotopic (exact) mass is 198 g/mol. The van der Waals surface area contributed by atoms with Gasteiger partial charge in [-0.1, -0.05) is 20.8 Å². The lowest BCUT2D eigenvalue weighted by Gasteiger charge is -2.04. The number of nitrogens with zero attached hydrogens (tertiary/aromatic N) is 1. The molecular weight excluding hydrogens is 180 g/mol. The molecule has 0 aliphatic rings. The minimum atomic E-state index is 0.697. The summed E-state index contributed by atoms with van der Waals surface area (Å²) < 4.78 is 0. The van der Waals surface area contributed by atoms with Gasteiger partial charge in [0.2, 0.25) is 0 Å². The number of hydrogen-bond acceptors (Lipinski definition) is 3. The van der Waals surface area contributed by atoms with E-state index in [2.05, 4.69) is 31.1 Å². The molecule has 0 aromatic carbocycles. The smallest absolute Gasteiger partial charge is 0.0798 e. The van der Waals surface area contributed by atoms with E-state index in [-0.39, 0.29) is 0 Å². The molecule has 1 aromatic heterocycles. The van der Waals surface area contributed by atoms with Crippen molar-refractivity contribution < 1.29 is 0 Å². The van der Waals surface area contributed by atoms with Crippen LogP contribution in [0.1, 0.15) is 31.3 Å². The normalized spacial score (nSPS) is 11.1. The van der Waals surface area contributed by atoms with E-state index < -0.39 is 0 Å². The van der Waals surface area contributed by atoms with Crippen LogP contribution in [0, 0.1) is 5.92 Å². The zero-order chi connectivity index (χ0) is 9.68. The molecule has 0 spiro atoms. The van der Waals surface area contributed by atoms with E-state index in [1.807, 2.05) is 5.51 Å². The predicted octanol–water partition coefficient (Wildman–Crippen LogP) is 2.45. The highest BCUT2D eigenvalue weighted by Crippen LogP contribution is 2.16. The van der Waals surface area contributed by atoms with Gasteiger partial charge in [-0.3, -0.25) is 0 Å². The summed E-state index contributed by atoms with van der Waals surface area (Å²) in [6.07, 6.45) is 1.10. The van der Waals surface area contributed by atoms with Gasteiger partial charge >= 0.3 is 0 Å². The van der Waals surface area contributed by atoms with Crippen molar-refractivity contribution in [2.75, 3.05) is 6.54 Å². The Morgan fingerprint density at radius 2 is 2.31 bits per heavy atom. The number of aromatic nitrogens is 1.